The quantitative estimate of drug-likeness (QED) is 0.514. The SMILES string of the molecule is CC1=C(C=O)C(C)(C)C[C@H](OC2OC(CO)C(O)C(O)C2O)C1. The van der Waals surface area contributed by atoms with Gasteiger partial charge in [-0.05, 0) is 30.8 Å². The van der Waals surface area contributed by atoms with E-state index in [4.69, 9.17) is 9.47 Å². The molecule has 23 heavy (non-hydrogen) atoms. The molecule has 7 heteroatoms. The van der Waals surface area contributed by atoms with Crippen LogP contribution in [0.15, 0.2) is 11.1 Å². The summed E-state index contributed by atoms with van der Waals surface area (Å²) in [5.41, 5.74) is 1.32. The van der Waals surface area contributed by atoms with Gasteiger partial charge in [0.15, 0.2) is 6.29 Å². The summed E-state index contributed by atoms with van der Waals surface area (Å²) in [5.74, 6) is 0. The predicted octanol–water partition coefficient (Wildman–Crippen LogP) is -0.493. The fourth-order valence-electron chi connectivity index (χ4n) is 3.51. The summed E-state index contributed by atoms with van der Waals surface area (Å²) in [7, 11) is 0. The first-order valence-electron chi connectivity index (χ1n) is 7.82. The van der Waals surface area contributed by atoms with Gasteiger partial charge in [-0.2, -0.15) is 0 Å². The zero-order chi connectivity index (χ0) is 17.4. The molecule has 1 aliphatic carbocycles. The van der Waals surface area contributed by atoms with Crippen LogP contribution in [-0.2, 0) is 14.3 Å². The first-order valence-corrected chi connectivity index (χ1v) is 7.82. The lowest BCUT2D eigenvalue weighted by atomic mass is 9.72. The molecule has 0 bridgehead atoms. The Morgan fingerprint density at radius 1 is 1.26 bits per heavy atom. The predicted molar refractivity (Wildman–Crippen MR) is 80.4 cm³/mol. The van der Waals surface area contributed by atoms with E-state index >= 15 is 0 Å². The molecule has 1 aliphatic heterocycles. The number of aldehydes is 1. The maximum absolute atomic E-state index is 11.2. The molecule has 0 radical (unpaired) electrons. The van der Waals surface area contributed by atoms with Crippen LogP contribution in [0, 0.1) is 5.41 Å². The number of rotatable bonds is 4. The number of ether oxygens (including phenoxy) is 2. The van der Waals surface area contributed by atoms with Gasteiger partial charge < -0.3 is 29.9 Å². The minimum absolute atomic E-state index is 0.296. The highest BCUT2D eigenvalue weighted by atomic mass is 16.7. The van der Waals surface area contributed by atoms with E-state index in [2.05, 4.69) is 0 Å². The Kier molecular flexibility index (Phi) is 5.60. The molecule has 2 rings (SSSR count). The summed E-state index contributed by atoms with van der Waals surface area (Å²) in [5, 5.41) is 38.8. The normalized spacial score (nSPS) is 41.0. The van der Waals surface area contributed by atoms with Crippen molar-refractivity contribution in [3.8, 4) is 0 Å². The lowest BCUT2D eigenvalue weighted by Gasteiger charge is -2.43. The van der Waals surface area contributed by atoms with Gasteiger partial charge in [-0.15, -0.1) is 0 Å². The Bertz CT molecular complexity index is 471. The van der Waals surface area contributed by atoms with Gasteiger partial charge in [0, 0.05) is 0 Å². The smallest absolute Gasteiger partial charge is 0.186 e. The summed E-state index contributed by atoms with van der Waals surface area (Å²) < 4.78 is 11.2. The highest BCUT2D eigenvalue weighted by molar-refractivity contribution is 5.77. The van der Waals surface area contributed by atoms with Crippen molar-refractivity contribution >= 4 is 6.29 Å². The average Bonchev–Trinajstić information content (AvgIpc) is 2.46. The van der Waals surface area contributed by atoms with Crippen LogP contribution in [0.1, 0.15) is 33.6 Å². The van der Waals surface area contributed by atoms with Crippen molar-refractivity contribution in [3.05, 3.63) is 11.1 Å². The maximum atomic E-state index is 11.2. The molecule has 1 fully saturated rings. The summed E-state index contributed by atoms with van der Waals surface area (Å²) in [6.45, 7) is 5.27. The molecule has 1 saturated heterocycles. The molecule has 0 aromatic heterocycles. The van der Waals surface area contributed by atoms with Gasteiger partial charge >= 0.3 is 0 Å². The van der Waals surface area contributed by atoms with Crippen molar-refractivity contribution in [2.45, 2.75) is 70.4 Å². The first kappa shape index (κ1) is 18.5. The van der Waals surface area contributed by atoms with Crippen molar-refractivity contribution in [1.82, 2.24) is 0 Å². The zero-order valence-electron chi connectivity index (χ0n) is 13.7. The van der Waals surface area contributed by atoms with Gasteiger partial charge in [0.1, 0.15) is 30.7 Å². The number of aliphatic hydroxyl groups is 4. The van der Waals surface area contributed by atoms with Crippen molar-refractivity contribution in [1.29, 1.82) is 0 Å². The van der Waals surface area contributed by atoms with E-state index in [0.29, 0.717) is 12.8 Å². The van der Waals surface area contributed by atoms with Crippen LogP contribution in [0.4, 0.5) is 0 Å². The largest absolute Gasteiger partial charge is 0.394 e. The number of allylic oxidation sites excluding steroid dienone is 1. The Hall–Kier alpha value is -0.830. The van der Waals surface area contributed by atoms with Crippen LogP contribution >= 0.6 is 0 Å². The van der Waals surface area contributed by atoms with Crippen molar-refractivity contribution < 1.29 is 34.7 Å². The van der Waals surface area contributed by atoms with Crippen LogP contribution in [-0.4, -0.2) is 70.1 Å². The van der Waals surface area contributed by atoms with Crippen molar-refractivity contribution in [3.63, 3.8) is 0 Å². The lowest BCUT2D eigenvalue weighted by Crippen LogP contribution is -2.59. The number of carbonyl (C=O) groups excluding carboxylic acids is 1. The molecule has 1 heterocycles. The minimum atomic E-state index is -1.45. The van der Waals surface area contributed by atoms with Crippen LogP contribution in [0.5, 0.6) is 0 Å². The van der Waals surface area contributed by atoms with Crippen LogP contribution in [0.25, 0.3) is 0 Å². The second-order valence-corrected chi connectivity index (χ2v) is 7.06. The fraction of sp³-hybridized carbons (Fsp3) is 0.812. The highest BCUT2D eigenvalue weighted by Crippen LogP contribution is 2.41. The van der Waals surface area contributed by atoms with Gasteiger partial charge in [0.05, 0.1) is 12.7 Å². The summed E-state index contributed by atoms with van der Waals surface area (Å²) in [6.07, 6.45) is -4.73. The summed E-state index contributed by atoms with van der Waals surface area (Å²) in [6, 6.07) is 0. The van der Waals surface area contributed by atoms with E-state index in [-0.39, 0.29) is 11.5 Å². The molecule has 5 unspecified atom stereocenters. The molecule has 6 atom stereocenters. The van der Waals surface area contributed by atoms with E-state index in [1.54, 1.807) is 0 Å². The molecular weight excluding hydrogens is 304 g/mol. The fourth-order valence-corrected chi connectivity index (χ4v) is 3.51. The second kappa shape index (κ2) is 6.96. The molecule has 0 aromatic carbocycles. The Balaban J connectivity index is 2.10. The highest BCUT2D eigenvalue weighted by Gasteiger charge is 2.45. The number of carbonyl (C=O) groups is 1. The lowest BCUT2D eigenvalue weighted by molar-refractivity contribution is -0.312. The van der Waals surface area contributed by atoms with Crippen molar-refractivity contribution in [2.75, 3.05) is 6.61 Å². The van der Waals surface area contributed by atoms with Crippen LogP contribution in [0.2, 0.25) is 0 Å². The third-order valence-corrected chi connectivity index (χ3v) is 4.75. The zero-order valence-corrected chi connectivity index (χ0v) is 13.7. The number of hydrogen-bond donors (Lipinski definition) is 4. The van der Waals surface area contributed by atoms with E-state index in [9.17, 15) is 25.2 Å². The second-order valence-electron chi connectivity index (χ2n) is 7.06. The van der Waals surface area contributed by atoms with E-state index in [0.717, 1.165) is 17.4 Å². The third kappa shape index (κ3) is 3.65. The molecule has 2 aliphatic rings. The minimum Gasteiger partial charge on any atom is -0.394 e. The van der Waals surface area contributed by atoms with E-state index < -0.39 is 37.3 Å². The molecule has 0 spiro atoms. The maximum Gasteiger partial charge on any atom is 0.186 e. The van der Waals surface area contributed by atoms with Gasteiger partial charge in [0.2, 0.25) is 0 Å². The Morgan fingerprint density at radius 3 is 2.43 bits per heavy atom. The standard InChI is InChI=1S/C16H26O7/c1-8-4-9(5-16(2,3)10(8)6-17)22-15-14(21)13(20)12(19)11(7-18)23-15/h6,9,11-15,18-21H,4-5,7H2,1-3H3/t9-,11?,12?,13?,14?,15?/m1/s1. The summed E-state index contributed by atoms with van der Waals surface area (Å²) in [4.78, 5) is 11.2. The van der Waals surface area contributed by atoms with Crippen LogP contribution < -0.4 is 0 Å². The number of hydrogen-bond acceptors (Lipinski definition) is 7. The molecule has 7 nitrogen and oxygen atoms in total. The molecule has 0 aromatic rings. The monoisotopic (exact) mass is 330 g/mol. The molecular formula is C16H26O7. The van der Waals surface area contributed by atoms with Crippen LogP contribution in [0.3, 0.4) is 0 Å². The first-order chi connectivity index (χ1) is 10.7. The summed E-state index contributed by atoms with van der Waals surface area (Å²) >= 11 is 0. The van der Waals surface area contributed by atoms with Gasteiger partial charge in [-0.25, -0.2) is 0 Å². The van der Waals surface area contributed by atoms with Gasteiger partial charge in [-0.1, -0.05) is 19.4 Å². The van der Waals surface area contributed by atoms with E-state index in [1.165, 1.54) is 0 Å². The molecule has 132 valence electrons. The number of aliphatic hydroxyl groups excluding tert-OH is 4. The van der Waals surface area contributed by atoms with Gasteiger partial charge in [0.25, 0.3) is 0 Å². The molecule has 0 amide bonds. The van der Waals surface area contributed by atoms with Gasteiger partial charge in [-0.3, -0.25) is 4.79 Å². The van der Waals surface area contributed by atoms with Crippen molar-refractivity contribution in [2.24, 2.45) is 5.41 Å². The topological polar surface area (TPSA) is 116 Å². The average molecular weight is 330 g/mol. The third-order valence-electron chi connectivity index (χ3n) is 4.75. The van der Waals surface area contributed by atoms with E-state index in [1.807, 2.05) is 20.8 Å². The molecule has 4 N–H and O–H groups in total. The Labute approximate surface area is 135 Å². The Morgan fingerprint density at radius 2 is 1.91 bits per heavy atom. The molecule has 0 saturated carbocycles.